The number of nitrogens with two attached hydrogens (primary N) is 2. The maximum atomic E-state index is 12.6. The second-order valence-electron chi connectivity index (χ2n) is 7.85. The quantitative estimate of drug-likeness (QED) is 0.792. The van der Waals surface area contributed by atoms with Gasteiger partial charge >= 0.3 is 0 Å². The van der Waals surface area contributed by atoms with E-state index in [0.29, 0.717) is 19.0 Å². The van der Waals surface area contributed by atoms with Crippen LogP contribution < -0.4 is 16.4 Å². The molecule has 3 aliphatic rings. The molecule has 1 saturated carbocycles. The predicted molar refractivity (Wildman–Crippen MR) is 111 cm³/mol. The highest BCUT2D eigenvalue weighted by molar-refractivity contribution is 7.88. The molecule has 152 valence electrons. The molecule has 2 aliphatic heterocycles. The minimum absolute atomic E-state index is 0.0209. The Morgan fingerprint density at radius 3 is 2.25 bits per heavy atom. The summed E-state index contributed by atoms with van der Waals surface area (Å²) in [4.78, 5) is 10.8. The zero-order chi connectivity index (χ0) is 19.8. The van der Waals surface area contributed by atoms with Gasteiger partial charge in [-0.25, -0.2) is 17.7 Å². The summed E-state index contributed by atoms with van der Waals surface area (Å²) in [6.07, 6.45) is 6.92. The highest BCUT2D eigenvalue weighted by atomic mass is 32.2. The normalized spacial score (nSPS) is 22.9. The van der Waals surface area contributed by atoms with E-state index in [9.17, 15) is 8.42 Å². The maximum absolute atomic E-state index is 12.6. The number of hydrogen-bond donors (Lipinski definition) is 2. The maximum Gasteiger partial charge on any atom is 0.220 e. The number of nitrogens with zero attached hydrogens (tertiary/aromatic N) is 4. The number of rotatable bonds is 4. The predicted octanol–water partition coefficient (Wildman–Crippen LogP) is 1.72. The minimum Gasteiger partial charge on any atom is -0.369 e. The Kier molecular flexibility index (Phi) is 5.05. The number of benzene rings is 1. The molecule has 4 N–H and O–H groups in total. The van der Waals surface area contributed by atoms with Crippen molar-refractivity contribution in [3.8, 4) is 0 Å². The van der Waals surface area contributed by atoms with E-state index in [0.717, 1.165) is 49.8 Å². The standard InChI is InChI=1S/C19H28N6O2S/c20-17-22-18(21)25(19(23-17)10-2-1-3-11-19)16-8-6-15(7-9-16)14-28(26,27)24-12-4-5-13-24/h6-9H,1-5,10-14H2,(H4,20,21,22,23). The van der Waals surface area contributed by atoms with Crippen molar-refractivity contribution in [1.29, 1.82) is 0 Å². The molecule has 0 atom stereocenters. The van der Waals surface area contributed by atoms with Crippen molar-refractivity contribution in [2.75, 3.05) is 18.0 Å². The van der Waals surface area contributed by atoms with Crippen LogP contribution in [0.15, 0.2) is 34.3 Å². The van der Waals surface area contributed by atoms with Gasteiger partial charge < -0.3 is 11.5 Å². The molecule has 1 spiro atoms. The summed E-state index contributed by atoms with van der Waals surface area (Å²) in [5, 5.41) is 0. The highest BCUT2D eigenvalue weighted by Crippen LogP contribution is 2.39. The lowest BCUT2D eigenvalue weighted by atomic mass is 9.87. The molecule has 2 fully saturated rings. The molecule has 0 radical (unpaired) electrons. The fraction of sp³-hybridized carbons (Fsp3) is 0.579. The molecule has 0 unspecified atom stereocenters. The van der Waals surface area contributed by atoms with E-state index in [4.69, 9.17) is 11.5 Å². The van der Waals surface area contributed by atoms with Crippen LogP contribution in [-0.4, -0.2) is 43.4 Å². The summed E-state index contributed by atoms with van der Waals surface area (Å²) >= 11 is 0. The fourth-order valence-corrected chi connectivity index (χ4v) is 6.12. The van der Waals surface area contributed by atoms with Crippen LogP contribution in [0.25, 0.3) is 0 Å². The Morgan fingerprint density at radius 1 is 0.964 bits per heavy atom. The van der Waals surface area contributed by atoms with Gasteiger partial charge in [-0.05, 0) is 56.2 Å². The molecule has 8 nitrogen and oxygen atoms in total. The number of guanidine groups is 2. The molecule has 1 aromatic carbocycles. The molecule has 4 rings (SSSR count). The smallest absolute Gasteiger partial charge is 0.220 e. The second kappa shape index (κ2) is 7.36. The van der Waals surface area contributed by atoms with Crippen molar-refractivity contribution >= 4 is 27.6 Å². The van der Waals surface area contributed by atoms with E-state index in [1.54, 1.807) is 4.31 Å². The van der Waals surface area contributed by atoms with Gasteiger partial charge in [0.05, 0.1) is 5.75 Å². The van der Waals surface area contributed by atoms with Gasteiger partial charge in [-0.1, -0.05) is 18.6 Å². The summed E-state index contributed by atoms with van der Waals surface area (Å²) in [5.74, 6) is 0.586. The highest BCUT2D eigenvalue weighted by Gasteiger charge is 2.42. The lowest BCUT2D eigenvalue weighted by Crippen LogP contribution is -2.58. The van der Waals surface area contributed by atoms with Crippen molar-refractivity contribution in [2.24, 2.45) is 21.5 Å². The van der Waals surface area contributed by atoms with Gasteiger partial charge in [0.2, 0.25) is 21.9 Å². The molecule has 1 aliphatic carbocycles. The third-order valence-electron chi connectivity index (χ3n) is 5.85. The van der Waals surface area contributed by atoms with Crippen LogP contribution >= 0.6 is 0 Å². The van der Waals surface area contributed by atoms with Crippen LogP contribution in [0.5, 0.6) is 0 Å². The first kappa shape index (κ1) is 19.2. The van der Waals surface area contributed by atoms with Gasteiger partial charge in [0.15, 0.2) is 0 Å². The molecule has 0 bridgehead atoms. The van der Waals surface area contributed by atoms with Gasteiger partial charge in [-0.2, -0.15) is 4.99 Å². The van der Waals surface area contributed by atoms with Gasteiger partial charge in [-0.3, -0.25) is 4.90 Å². The molecule has 0 aromatic heterocycles. The van der Waals surface area contributed by atoms with Gasteiger partial charge in [0.1, 0.15) is 5.66 Å². The number of anilines is 1. The summed E-state index contributed by atoms with van der Waals surface area (Å²) in [6, 6.07) is 7.53. The summed E-state index contributed by atoms with van der Waals surface area (Å²) in [5.41, 5.74) is 13.3. The summed E-state index contributed by atoms with van der Waals surface area (Å²) in [7, 11) is -3.26. The number of sulfonamides is 1. The van der Waals surface area contributed by atoms with Crippen molar-refractivity contribution < 1.29 is 8.42 Å². The van der Waals surface area contributed by atoms with E-state index in [2.05, 4.69) is 9.98 Å². The van der Waals surface area contributed by atoms with Crippen LogP contribution in [0.2, 0.25) is 0 Å². The summed E-state index contributed by atoms with van der Waals surface area (Å²) in [6.45, 7) is 1.26. The monoisotopic (exact) mass is 404 g/mol. The number of aliphatic imine (C=N–C) groups is 2. The first-order valence-corrected chi connectivity index (χ1v) is 11.6. The zero-order valence-electron chi connectivity index (χ0n) is 16.0. The van der Waals surface area contributed by atoms with Crippen LogP contribution in [0, 0.1) is 0 Å². The van der Waals surface area contributed by atoms with E-state index < -0.39 is 15.7 Å². The van der Waals surface area contributed by atoms with Crippen molar-refractivity contribution in [3.63, 3.8) is 0 Å². The Balaban J connectivity index is 1.58. The van der Waals surface area contributed by atoms with Crippen LogP contribution in [-0.2, 0) is 15.8 Å². The average Bonchev–Trinajstić information content (AvgIpc) is 3.19. The summed E-state index contributed by atoms with van der Waals surface area (Å²) < 4.78 is 26.7. The molecular formula is C19H28N6O2S. The third kappa shape index (κ3) is 3.60. The Bertz CT molecular complexity index is 882. The van der Waals surface area contributed by atoms with E-state index in [1.165, 1.54) is 6.42 Å². The molecule has 28 heavy (non-hydrogen) atoms. The lowest BCUT2D eigenvalue weighted by Gasteiger charge is -2.45. The second-order valence-corrected chi connectivity index (χ2v) is 9.82. The van der Waals surface area contributed by atoms with Crippen molar-refractivity contribution in [1.82, 2.24) is 4.31 Å². The van der Waals surface area contributed by atoms with Crippen molar-refractivity contribution in [2.45, 2.75) is 56.4 Å². The topological polar surface area (TPSA) is 117 Å². The molecule has 1 aromatic rings. The average molecular weight is 405 g/mol. The molecule has 1 saturated heterocycles. The molecule has 9 heteroatoms. The minimum atomic E-state index is -3.26. The van der Waals surface area contributed by atoms with Gasteiger partial charge in [0.25, 0.3) is 0 Å². The Hall–Kier alpha value is -2.13. The Morgan fingerprint density at radius 2 is 1.61 bits per heavy atom. The molecule has 2 heterocycles. The van der Waals surface area contributed by atoms with E-state index in [-0.39, 0.29) is 11.7 Å². The largest absolute Gasteiger partial charge is 0.369 e. The lowest BCUT2D eigenvalue weighted by molar-refractivity contribution is 0.305. The van der Waals surface area contributed by atoms with Crippen LogP contribution in [0.1, 0.15) is 50.5 Å². The van der Waals surface area contributed by atoms with E-state index in [1.807, 2.05) is 29.2 Å². The number of hydrogen-bond acceptors (Lipinski definition) is 7. The van der Waals surface area contributed by atoms with Crippen molar-refractivity contribution in [3.05, 3.63) is 29.8 Å². The first-order valence-electron chi connectivity index (χ1n) is 9.96. The van der Waals surface area contributed by atoms with E-state index >= 15 is 0 Å². The van der Waals surface area contributed by atoms with Crippen LogP contribution in [0.4, 0.5) is 5.69 Å². The van der Waals surface area contributed by atoms with Gasteiger partial charge in [-0.15, -0.1) is 0 Å². The van der Waals surface area contributed by atoms with Crippen LogP contribution in [0.3, 0.4) is 0 Å². The Labute approximate surface area is 166 Å². The van der Waals surface area contributed by atoms with Gasteiger partial charge in [0, 0.05) is 18.8 Å². The first-order chi connectivity index (χ1) is 13.4. The molecular weight excluding hydrogens is 376 g/mol. The fourth-order valence-electron chi connectivity index (χ4n) is 4.50. The molecule has 0 amide bonds. The zero-order valence-corrected chi connectivity index (χ0v) is 16.9. The SMILES string of the molecule is NC1=NC2(CCCCC2)N(c2ccc(CS(=O)(=O)N3CCCC3)cc2)C(N)=N1. The third-order valence-corrected chi connectivity index (χ3v) is 7.70.